The van der Waals surface area contributed by atoms with E-state index in [4.69, 9.17) is 0 Å². The van der Waals surface area contributed by atoms with Crippen LogP contribution in [0.4, 0.5) is 5.69 Å². The molecule has 0 aromatic heterocycles. The average Bonchev–Trinajstić information content (AvgIpc) is 2.52. The predicted molar refractivity (Wildman–Crippen MR) is 116 cm³/mol. The van der Waals surface area contributed by atoms with Crippen molar-refractivity contribution in [1.82, 2.24) is 0 Å². The van der Waals surface area contributed by atoms with Crippen LogP contribution in [0, 0.1) is 20.8 Å². The van der Waals surface area contributed by atoms with E-state index in [1.807, 2.05) is 0 Å². The average molecular weight is 431 g/mol. The molecule has 0 bridgehead atoms. The summed E-state index contributed by atoms with van der Waals surface area (Å²) in [7, 11) is 0. The van der Waals surface area contributed by atoms with Crippen LogP contribution in [0.15, 0.2) is 12.1 Å². The summed E-state index contributed by atoms with van der Waals surface area (Å²) < 4.78 is 0. The van der Waals surface area contributed by atoms with Gasteiger partial charge in [-0.05, 0) is 49.9 Å². The van der Waals surface area contributed by atoms with Gasteiger partial charge in [-0.25, -0.2) is 0 Å². The summed E-state index contributed by atoms with van der Waals surface area (Å²) in [6.45, 7) is 10.0. The van der Waals surface area contributed by atoms with Gasteiger partial charge in [0.25, 0.3) is 0 Å². The van der Waals surface area contributed by atoms with Crippen molar-refractivity contribution >= 4 is 29.7 Å². The molecule has 0 unspecified atom stereocenters. The Morgan fingerprint density at radius 2 is 1.22 bits per heavy atom. The Morgan fingerprint density at radius 3 is 1.78 bits per heavy atom. The van der Waals surface area contributed by atoms with E-state index in [1.165, 1.54) is 86.6 Å². The molecule has 0 heterocycles. The number of benzene rings is 1. The molecular weight excluding hydrogens is 393 g/mol. The van der Waals surface area contributed by atoms with Gasteiger partial charge in [0.15, 0.2) is 0 Å². The highest BCUT2D eigenvalue weighted by molar-refractivity contribution is 14.0. The lowest BCUT2D eigenvalue weighted by atomic mass is 10.0. The van der Waals surface area contributed by atoms with E-state index in [9.17, 15) is 0 Å². The first-order chi connectivity index (χ1) is 10.7. The fraction of sp³-hybridized carbons (Fsp3) is 0.714. The fourth-order valence-corrected chi connectivity index (χ4v) is 2.98. The molecule has 0 aliphatic rings. The van der Waals surface area contributed by atoms with Crippen LogP contribution in [0.1, 0.15) is 87.8 Å². The lowest BCUT2D eigenvalue weighted by Gasteiger charge is -2.13. The normalized spacial score (nSPS) is 10.4. The Hall–Kier alpha value is -0.250. The molecule has 2 heteroatoms. The number of hydrogen-bond donors (Lipinski definition) is 1. The fourth-order valence-electron chi connectivity index (χ4n) is 2.98. The van der Waals surface area contributed by atoms with Crippen molar-refractivity contribution in [2.24, 2.45) is 0 Å². The molecule has 0 saturated heterocycles. The molecule has 0 radical (unpaired) electrons. The van der Waals surface area contributed by atoms with E-state index in [0.29, 0.717) is 0 Å². The number of aryl methyl sites for hydroxylation is 1. The number of unbranched alkanes of at least 4 members (excludes halogenated alkanes) is 9. The number of rotatable bonds is 12. The summed E-state index contributed by atoms with van der Waals surface area (Å²) in [5, 5.41) is 3.61. The van der Waals surface area contributed by atoms with E-state index in [2.05, 4.69) is 45.1 Å². The first-order valence-corrected chi connectivity index (χ1v) is 9.47. The third-order valence-electron chi connectivity index (χ3n) is 4.90. The molecule has 0 aliphatic carbocycles. The Kier molecular flexibility index (Phi) is 14.0. The second-order valence-electron chi connectivity index (χ2n) is 6.79. The van der Waals surface area contributed by atoms with Crippen LogP contribution in [0.25, 0.3) is 0 Å². The van der Waals surface area contributed by atoms with E-state index in [-0.39, 0.29) is 24.0 Å². The zero-order chi connectivity index (χ0) is 16.2. The third-order valence-corrected chi connectivity index (χ3v) is 4.90. The van der Waals surface area contributed by atoms with Gasteiger partial charge in [0, 0.05) is 12.2 Å². The summed E-state index contributed by atoms with van der Waals surface area (Å²) in [5.41, 5.74) is 5.54. The zero-order valence-electron chi connectivity index (χ0n) is 15.8. The van der Waals surface area contributed by atoms with E-state index in [0.717, 1.165) is 6.54 Å². The molecule has 0 amide bonds. The Bertz CT molecular complexity index is 415. The molecule has 1 N–H and O–H groups in total. The Labute approximate surface area is 162 Å². The Morgan fingerprint density at radius 1 is 0.696 bits per heavy atom. The first kappa shape index (κ1) is 22.8. The molecule has 0 spiro atoms. The molecule has 0 atom stereocenters. The van der Waals surface area contributed by atoms with E-state index >= 15 is 0 Å². The van der Waals surface area contributed by atoms with Crippen molar-refractivity contribution in [3.63, 3.8) is 0 Å². The largest absolute Gasteiger partial charge is 0.385 e. The van der Waals surface area contributed by atoms with Gasteiger partial charge in [-0.2, -0.15) is 0 Å². The summed E-state index contributed by atoms with van der Waals surface area (Å²) in [4.78, 5) is 0. The summed E-state index contributed by atoms with van der Waals surface area (Å²) >= 11 is 0. The topological polar surface area (TPSA) is 12.0 Å². The van der Waals surface area contributed by atoms with Crippen LogP contribution < -0.4 is 5.32 Å². The maximum Gasteiger partial charge on any atom is 0.0372 e. The van der Waals surface area contributed by atoms with Crippen LogP contribution in [-0.2, 0) is 0 Å². The quantitative estimate of drug-likeness (QED) is 0.266. The van der Waals surface area contributed by atoms with Crippen molar-refractivity contribution in [2.75, 3.05) is 11.9 Å². The molecule has 0 fully saturated rings. The van der Waals surface area contributed by atoms with Crippen molar-refractivity contribution in [3.05, 3.63) is 28.8 Å². The van der Waals surface area contributed by atoms with Crippen LogP contribution in [0.5, 0.6) is 0 Å². The van der Waals surface area contributed by atoms with Crippen LogP contribution in [0.2, 0.25) is 0 Å². The number of nitrogens with one attached hydrogen (secondary N) is 1. The summed E-state index contributed by atoms with van der Waals surface area (Å²) in [6.07, 6.45) is 14.0. The molecular formula is C21H38IN. The highest BCUT2D eigenvalue weighted by atomic mass is 127. The molecule has 1 nitrogen and oxygen atoms in total. The number of hydrogen-bond acceptors (Lipinski definition) is 1. The highest BCUT2D eigenvalue weighted by Crippen LogP contribution is 2.21. The monoisotopic (exact) mass is 431 g/mol. The van der Waals surface area contributed by atoms with Gasteiger partial charge >= 0.3 is 0 Å². The van der Waals surface area contributed by atoms with Crippen molar-refractivity contribution in [1.29, 1.82) is 0 Å². The SMILES string of the molecule is CCCCCCCCCCCCNc1ccc(C)c(C)c1C.I. The van der Waals surface area contributed by atoms with Gasteiger partial charge < -0.3 is 5.32 Å². The standard InChI is InChI=1S/C21H37N.HI/c1-5-6-7-8-9-10-11-12-13-14-17-22-21-16-15-18(2)19(3)20(21)4;/h15-16,22H,5-14,17H2,1-4H3;1H. The molecule has 23 heavy (non-hydrogen) atoms. The smallest absolute Gasteiger partial charge is 0.0372 e. The van der Waals surface area contributed by atoms with Crippen LogP contribution in [-0.4, -0.2) is 6.54 Å². The minimum Gasteiger partial charge on any atom is -0.385 e. The second kappa shape index (κ2) is 14.1. The van der Waals surface area contributed by atoms with Gasteiger partial charge in [0.2, 0.25) is 0 Å². The van der Waals surface area contributed by atoms with E-state index in [1.54, 1.807) is 0 Å². The molecule has 0 aliphatic heterocycles. The van der Waals surface area contributed by atoms with Crippen LogP contribution in [0.3, 0.4) is 0 Å². The predicted octanol–water partition coefficient (Wildman–Crippen LogP) is 7.56. The van der Waals surface area contributed by atoms with Gasteiger partial charge in [-0.1, -0.05) is 70.8 Å². The minimum absolute atomic E-state index is 0. The summed E-state index contributed by atoms with van der Waals surface area (Å²) in [6, 6.07) is 4.46. The number of halogens is 1. The van der Waals surface area contributed by atoms with Crippen molar-refractivity contribution in [3.8, 4) is 0 Å². The van der Waals surface area contributed by atoms with Crippen molar-refractivity contribution in [2.45, 2.75) is 91.9 Å². The maximum atomic E-state index is 3.61. The third kappa shape index (κ3) is 9.59. The molecule has 1 rings (SSSR count). The zero-order valence-corrected chi connectivity index (χ0v) is 18.2. The van der Waals surface area contributed by atoms with E-state index < -0.39 is 0 Å². The lowest BCUT2D eigenvalue weighted by molar-refractivity contribution is 0.560. The molecule has 1 aromatic carbocycles. The minimum atomic E-state index is 0. The molecule has 1 aromatic rings. The highest BCUT2D eigenvalue weighted by Gasteiger charge is 2.02. The number of anilines is 1. The maximum absolute atomic E-state index is 3.61. The molecule has 0 saturated carbocycles. The summed E-state index contributed by atoms with van der Waals surface area (Å²) in [5.74, 6) is 0. The molecule has 134 valence electrons. The van der Waals surface area contributed by atoms with Gasteiger partial charge in [-0.3, -0.25) is 0 Å². The lowest BCUT2D eigenvalue weighted by Crippen LogP contribution is -2.04. The Balaban J connectivity index is 0.00000484. The second-order valence-corrected chi connectivity index (χ2v) is 6.79. The van der Waals surface area contributed by atoms with Crippen LogP contribution >= 0.6 is 24.0 Å². The van der Waals surface area contributed by atoms with Gasteiger partial charge in [-0.15, -0.1) is 24.0 Å². The first-order valence-electron chi connectivity index (χ1n) is 9.47. The van der Waals surface area contributed by atoms with Gasteiger partial charge in [0.1, 0.15) is 0 Å². The van der Waals surface area contributed by atoms with Crippen molar-refractivity contribution < 1.29 is 0 Å². The van der Waals surface area contributed by atoms with Gasteiger partial charge in [0.05, 0.1) is 0 Å².